The molecule has 0 saturated heterocycles. The normalized spacial score (nSPS) is 20.8. The number of alkyl halides is 3. The largest absolute Gasteiger partial charge is 0.497 e. The van der Waals surface area contributed by atoms with E-state index in [1.807, 2.05) is 11.4 Å². The van der Waals surface area contributed by atoms with Crippen molar-refractivity contribution in [1.82, 2.24) is 5.32 Å². The van der Waals surface area contributed by atoms with Crippen molar-refractivity contribution < 1.29 is 32.6 Å². The molecule has 1 aliphatic heterocycles. The van der Waals surface area contributed by atoms with E-state index in [9.17, 15) is 33.1 Å². The highest BCUT2D eigenvalue weighted by Gasteiger charge is 2.66. The molecule has 0 unspecified atom stereocenters. The molecule has 0 aliphatic carbocycles. The lowest BCUT2D eigenvalue weighted by Crippen LogP contribution is -2.66. The molecule has 0 spiro atoms. The van der Waals surface area contributed by atoms with Gasteiger partial charge in [-0.2, -0.15) is 18.4 Å². The molecule has 40 heavy (non-hydrogen) atoms. The molecule has 1 aliphatic rings. The van der Waals surface area contributed by atoms with E-state index < -0.39 is 46.2 Å². The highest BCUT2D eigenvalue weighted by Crippen LogP contribution is 2.52. The first-order chi connectivity index (χ1) is 19.0. The average Bonchev–Trinajstić information content (AvgIpc) is 3.46. The van der Waals surface area contributed by atoms with Crippen LogP contribution in [0.1, 0.15) is 21.2 Å². The van der Waals surface area contributed by atoms with Crippen LogP contribution in [0.25, 0.3) is 0 Å². The number of halogens is 4. The molecule has 208 valence electrons. The Morgan fingerprint density at radius 1 is 1.23 bits per heavy atom. The number of ether oxygens (including phenoxy) is 1. The van der Waals surface area contributed by atoms with Gasteiger partial charge >= 0.3 is 6.18 Å². The molecule has 3 N–H and O–H groups in total. The van der Waals surface area contributed by atoms with E-state index in [-0.39, 0.29) is 21.0 Å². The lowest BCUT2D eigenvalue weighted by Gasteiger charge is -2.45. The first-order valence-electron chi connectivity index (χ1n) is 11.6. The van der Waals surface area contributed by atoms with Gasteiger partial charge < -0.3 is 20.5 Å². The van der Waals surface area contributed by atoms with Gasteiger partial charge in [-0.3, -0.25) is 9.59 Å². The molecule has 3 atom stereocenters. The number of ketones is 1. The number of carbonyl (C=O) groups excluding carboxylic acids is 2. The summed E-state index contributed by atoms with van der Waals surface area (Å²) < 4.78 is 49.0. The van der Waals surface area contributed by atoms with Crippen LogP contribution in [-0.2, 0) is 4.79 Å². The van der Waals surface area contributed by atoms with Crippen molar-refractivity contribution in [2.75, 3.05) is 18.2 Å². The standard InChI is InChI=1S/C27H21ClF3N3O4S2/c1-38-16-7-4-6-15(12-16)33-21(35)14-40-25-18(13-32)22(17-8-2-3-9-19(17)28)23(24(36)20-10-5-11-39-20)26(37,34-25)27(29,30)31/h2-12,22-23,34,37H,14H2,1H3,(H,33,35)/t22-,23+,26-/m0/s1. The summed E-state index contributed by atoms with van der Waals surface area (Å²) in [5.41, 5.74) is -3.61. The number of benzene rings is 2. The minimum atomic E-state index is -5.36. The summed E-state index contributed by atoms with van der Waals surface area (Å²) in [7, 11) is 1.45. The van der Waals surface area contributed by atoms with Crippen LogP contribution >= 0.6 is 34.7 Å². The van der Waals surface area contributed by atoms with Crippen molar-refractivity contribution >= 4 is 52.1 Å². The third kappa shape index (κ3) is 5.83. The van der Waals surface area contributed by atoms with Crippen LogP contribution < -0.4 is 15.4 Å². The van der Waals surface area contributed by atoms with E-state index in [1.54, 1.807) is 30.3 Å². The number of nitrogens with zero attached hydrogens (tertiary/aromatic N) is 1. The molecule has 0 radical (unpaired) electrons. The van der Waals surface area contributed by atoms with E-state index in [2.05, 4.69) is 5.32 Å². The molecule has 13 heteroatoms. The van der Waals surface area contributed by atoms with Gasteiger partial charge in [0.2, 0.25) is 11.6 Å². The number of methoxy groups -OCH3 is 1. The Labute approximate surface area is 240 Å². The maximum absolute atomic E-state index is 14.6. The Balaban J connectivity index is 1.78. The smallest absolute Gasteiger partial charge is 0.437 e. The molecule has 4 rings (SSSR count). The van der Waals surface area contributed by atoms with Crippen molar-refractivity contribution in [3.05, 3.63) is 92.1 Å². The molecule has 0 bridgehead atoms. The number of nitrogens with one attached hydrogen (secondary N) is 2. The number of nitriles is 1. The average molecular weight is 608 g/mol. The fourth-order valence-electron chi connectivity index (χ4n) is 4.36. The van der Waals surface area contributed by atoms with Crippen LogP contribution in [0.3, 0.4) is 0 Å². The van der Waals surface area contributed by atoms with E-state index in [0.29, 0.717) is 23.2 Å². The fraction of sp³-hybridized carbons (Fsp3) is 0.222. The molecule has 7 nitrogen and oxygen atoms in total. The van der Waals surface area contributed by atoms with E-state index >= 15 is 0 Å². The van der Waals surface area contributed by atoms with E-state index in [1.165, 1.54) is 42.8 Å². The van der Waals surface area contributed by atoms with Crippen LogP contribution in [-0.4, -0.2) is 41.6 Å². The number of Topliss-reactive ketones (excluding diaryl/α,β-unsaturated/α-hetero) is 1. The summed E-state index contributed by atoms with van der Waals surface area (Å²) in [6, 6.07) is 17.1. The third-order valence-electron chi connectivity index (χ3n) is 6.18. The molecule has 1 amide bonds. The van der Waals surface area contributed by atoms with Gasteiger partial charge in [-0.25, -0.2) is 0 Å². The maximum atomic E-state index is 14.6. The molecule has 1 aromatic heterocycles. The molecule has 0 fully saturated rings. The van der Waals surface area contributed by atoms with Crippen molar-refractivity contribution in [1.29, 1.82) is 5.26 Å². The first-order valence-corrected chi connectivity index (χ1v) is 13.8. The monoisotopic (exact) mass is 607 g/mol. The number of amides is 1. The van der Waals surface area contributed by atoms with Crippen LogP contribution in [0, 0.1) is 17.2 Å². The minimum absolute atomic E-state index is 0.00997. The Morgan fingerprint density at radius 3 is 2.60 bits per heavy atom. The number of rotatable bonds is 8. The number of hydrogen-bond acceptors (Lipinski definition) is 8. The zero-order chi connectivity index (χ0) is 29.1. The number of hydrogen-bond donors (Lipinski definition) is 3. The van der Waals surface area contributed by atoms with E-state index in [4.69, 9.17) is 16.3 Å². The van der Waals surface area contributed by atoms with Gasteiger partial charge in [0.25, 0.3) is 0 Å². The second kappa shape index (κ2) is 11.9. The SMILES string of the molecule is COc1cccc(NC(=O)CSC2=C(C#N)[C@H](c3ccccc3Cl)[C@H](C(=O)c3cccs3)[C@](O)(C(F)(F)F)N2)c1. The van der Waals surface area contributed by atoms with Gasteiger partial charge in [0.1, 0.15) is 5.75 Å². The van der Waals surface area contributed by atoms with Crippen LogP contribution in [0.15, 0.2) is 76.6 Å². The Bertz CT molecular complexity index is 1490. The minimum Gasteiger partial charge on any atom is -0.497 e. The van der Waals surface area contributed by atoms with Crippen LogP contribution in [0.5, 0.6) is 5.75 Å². The molecule has 2 heterocycles. The summed E-state index contributed by atoms with van der Waals surface area (Å²) in [6.45, 7) is 0. The maximum Gasteiger partial charge on any atom is 0.437 e. The van der Waals surface area contributed by atoms with Crippen LogP contribution in [0.2, 0.25) is 5.02 Å². The molecular weight excluding hydrogens is 587 g/mol. The predicted molar refractivity (Wildman–Crippen MR) is 147 cm³/mol. The molecule has 2 aromatic carbocycles. The van der Waals surface area contributed by atoms with Gasteiger partial charge in [0.05, 0.1) is 40.3 Å². The lowest BCUT2D eigenvalue weighted by atomic mass is 9.70. The van der Waals surface area contributed by atoms with Gasteiger partial charge in [0, 0.05) is 22.7 Å². The number of allylic oxidation sites excluding steroid dienone is 1. The Morgan fingerprint density at radius 2 is 1.98 bits per heavy atom. The van der Waals surface area contributed by atoms with Gasteiger partial charge in [-0.1, -0.05) is 53.7 Å². The number of anilines is 1. The Kier molecular flexibility index (Phi) is 8.80. The summed E-state index contributed by atoms with van der Waals surface area (Å²) in [4.78, 5) is 26.2. The van der Waals surface area contributed by atoms with Crippen molar-refractivity contribution in [3.63, 3.8) is 0 Å². The van der Waals surface area contributed by atoms with Crippen LogP contribution in [0.4, 0.5) is 18.9 Å². The number of thiophene rings is 1. The second-order valence-corrected chi connectivity index (χ2v) is 11.0. The van der Waals surface area contributed by atoms with E-state index in [0.717, 1.165) is 11.3 Å². The Hall–Kier alpha value is -3.50. The topological polar surface area (TPSA) is 111 Å². The fourth-order valence-corrected chi connectivity index (χ4v) is 6.22. The van der Waals surface area contributed by atoms with Crippen molar-refractivity contribution in [3.8, 4) is 11.8 Å². The quantitative estimate of drug-likeness (QED) is 0.271. The number of thioether (sulfide) groups is 1. The summed E-state index contributed by atoms with van der Waals surface area (Å²) in [5, 5.41) is 27.1. The summed E-state index contributed by atoms with van der Waals surface area (Å²) >= 11 is 7.87. The zero-order valence-electron chi connectivity index (χ0n) is 20.7. The van der Waals surface area contributed by atoms with Gasteiger partial charge in [-0.05, 0) is 35.2 Å². The molecule has 3 aromatic rings. The highest BCUT2D eigenvalue weighted by molar-refractivity contribution is 8.03. The second-order valence-electron chi connectivity index (χ2n) is 8.63. The third-order valence-corrected chi connectivity index (χ3v) is 8.43. The van der Waals surface area contributed by atoms with Crippen molar-refractivity contribution in [2.24, 2.45) is 5.92 Å². The molecule has 0 saturated carbocycles. The summed E-state index contributed by atoms with van der Waals surface area (Å²) in [5.74, 6) is -5.32. The number of carbonyl (C=O) groups is 2. The molecular formula is C27H21ClF3N3O4S2. The number of aliphatic hydroxyl groups is 1. The first kappa shape index (κ1) is 29.5. The van der Waals surface area contributed by atoms with Crippen molar-refractivity contribution in [2.45, 2.75) is 17.8 Å². The van der Waals surface area contributed by atoms with Gasteiger partial charge in [-0.15, -0.1) is 11.3 Å². The predicted octanol–water partition coefficient (Wildman–Crippen LogP) is 5.95. The highest BCUT2D eigenvalue weighted by atomic mass is 35.5. The summed E-state index contributed by atoms with van der Waals surface area (Å²) in [6.07, 6.45) is -5.36. The van der Waals surface area contributed by atoms with Gasteiger partial charge in [0.15, 0.2) is 5.78 Å². The zero-order valence-corrected chi connectivity index (χ0v) is 23.0. The lowest BCUT2D eigenvalue weighted by molar-refractivity contribution is -0.285.